The van der Waals surface area contributed by atoms with Crippen LogP contribution in [0.25, 0.3) is 5.57 Å². The van der Waals surface area contributed by atoms with Crippen LogP contribution < -0.4 is 4.90 Å². The number of likely N-dealkylation sites (N-methyl/N-ethyl adjacent to an activating group) is 1. The zero-order valence-corrected chi connectivity index (χ0v) is 14.0. The number of anilines is 1. The normalized spacial score (nSPS) is 16.4. The summed E-state index contributed by atoms with van der Waals surface area (Å²) in [5, 5.41) is 0. The number of hydrogen-bond donors (Lipinski definition) is 0. The standard InChI is InChI=1S/C20H21FN2/c1-14-12-20(2,3)23(4)19-11-18(21)15(10-17(14)19)13-22-16-8-6-5-7-9-16/h5-13H,1-4H3. The van der Waals surface area contributed by atoms with E-state index in [1.807, 2.05) is 43.4 Å². The fourth-order valence-corrected chi connectivity index (χ4v) is 2.94. The van der Waals surface area contributed by atoms with Gasteiger partial charge in [-0.1, -0.05) is 24.3 Å². The molecule has 3 rings (SSSR count). The van der Waals surface area contributed by atoms with Crippen LogP contribution in [0.15, 0.2) is 53.5 Å². The predicted octanol–water partition coefficient (Wildman–Crippen LogP) is 5.21. The Morgan fingerprint density at radius 2 is 1.83 bits per heavy atom. The third-order valence-electron chi connectivity index (χ3n) is 4.44. The third kappa shape index (κ3) is 2.91. The minimum atomic E-state index is -0.249. The van der Waals surface area contributed by atoms with Crippen LogP contribution in [0.4, 0.5) is 15.8 Å². The van der Waals surface area contributed by atoms with E-state index in [9.17, 15) is 4.39 Å². The summed E-state index contributed by atoms with van der Waals surface area (Å²) in [6.45, 7) is 6.33. The van der Waals surface area contributed by atoms with Crippen LogP contribution >= 0.6 is 0 Å². The maximum Gasteiger partial charge on any atom is 0.134 e. The monoisotopic (exact) mass is 308 g/mol. The van der Waals surface area contributed by atoms with Crippen molar-refractivity contribution in [2.24, 2.45) is 4.99 Å². The van der Waals surface area contributed by atoms with E-state index in [2.05, 4.69) is 36.7 Å². The lowest BCUT2D eigenvalue weighted by molar-refractivity contribution is 0.589. The summed E-state index contributed by atoms with van der Waals surface area (Å²) < 4.78 is 14.5. The van der Waals surface area contributed by atoms with Gasteiger partial charge in [0, 0.05) is 30.1 Å². The van der Waals surface area contributed by atoms with E-state index >= 15 is 0 Å². The molecule has 2 aromatic carbocycles. The van der Waals surface area contributed by atoms with Gasteiger partial charge in [0.1, 0.15) is 5.82 Å². The molecule has 0 amide bonds. The van der Waals surface area contributed by atoms with E-state index in [1.165, 1.54) is 0 Å². The summed E-state index contributed by atoms with van der Waals surface area (Å²) in [4.78, 5) is 6.47. The fourth-order valence-electron chi connectivity index (χ4n) is 2.94. The molecule has 0 atom stereocenters. The molecule has 0 N–H and O–H groups in total. The van der Waals surface area contributed by atoms with Crippen molar-refractivity contribution in [1.29, 1.82) is 0 Å². The van der Waals surface area contributed by atoms with Gasteiger partial charge in [-0.2, -0.15) is 0 Å². The number of rotatable bonds is 2. The van der Waals surface area contributed by atoms with Crippen molar-refractivity contribution in [2.45, 2.75) is 26.3 Å². The molecule has 1 aliphatic heterocycles. The van der Waals surface area contributed by atoms with Crippen molar-refractivity contribution in [3.05, 3.63) is 65.5 Å². The number of aliphatic imine (C=N–C) groups is 1. The molecule has 0 spiro atoms. The van der Waals surface area contributed by atoms with Crippen molar-refractivity contribution < 1.29 is 4.39 Å². The Labute approximate surface area is 137 Å². The molecule has 0 radical (unpaired) electrons. The summed E-state index contributed by atoms with van der Waals surface area (Å²) >= 11 is 0. The topological polar surface area (TPSA) is 15.6 Å². The minimum Gasteiger partial charge on any atom is -0.365 e. The highest BCUT2D eigenvalue weighted by Crippen LogP contribution is 2.38. The average Bonchev–Trinajstić information content (AvgIpc) is 2.52. The van der Waals surface area contributed by atoms with E-state index in [4.69, 9.17) is 0 Å². The summed E-state index contributed by atoms with van der Waals surface area (Å²) in [5.41, 5.74) is 4.34. The molecule has 118 valence electrons. The number of fused-ring (bicyclic) bond motifs is 1. The fraction of sp³-hybridized carbons (Fsp3) is 0.250. The first-order valence-electron chi connectivity index (χ1n) is 7.75. The molecule has 23 heavy (non-hydrogen) atoms. The number of halogens is 1. The molecule has 1 aliphatic rings. The second kappa shape index (κ2) is 5.65. The zero-order chi connectivity index (χ0) is 16.6. The lowest BCUT2D eigenvalue weighted by Crippen LogP contribution is -2.42. The van der Waals surface area contributed by atoms with Gasteiger partial charge in [0.05, 0.1) is 11.2 Å². The molecule has 2 nitrogen and oxygen atoms in total. The van der Waals surface area contributed by atoms with Crippen LogP contribution in [0.3, 0.4) is 0 Å². The van der Waals surface area contributed by atoms with Gasteiger partial charge in [0.25, 0.3) is 0 Å². The van der Waals surface area contributed by atoms with Crippen LogP contribution in [0, 0.1) is 5.82 Å². The van der Waals surface area contributed by atoms with Gasteiger partial charge >= 0.3 is 0 Å². The van der Waals surface area contributed by atoms with Crippen LogP contribution in [0.2, 0.25) is 0 Å². The molecule has 0 saturated carbocycles. The van der Waals surface area contributed by atoms with Crippen molar-refractivity contribution in [3.8, 4) is 0 Å². The molecule has 0 aromatic heterocycles. The van der Waals surface area contributed by atoms with Gasteiger partial charge in [-0.15, -0.1) is 0 Å². The Bertz CT molecular complexity index is 789. The highest BCUT2D eigenvalue weighted by molar-refractivity contribution is 5.89. The van der Waals surface area contributed by atoms with Gasteiger partial charge in [-0.3, -0.25) is 4.99 Å². The Hall–Kier alpha value is -2.42. The Balaban J connectivity index is 2.03. The summed E-state index contributed by atoms with van der Waals surface area (Å²) in [7, 11) is 2.00. The van der Waals surface area contributed by atoms with Gasteiger partial charge in [0.2, 0.25) is 0 Å². The van der Waals surface area contributed by atoms with Crippen LogP contribution in [-0.4, -0.2) is 18.8 Å². The smallest absolute Gasteiger partial charge is 0.134 e. The summed E-state index contributed by atoms with van der Waals surface area (Å²) in [6, 6.07) is 13.1. The molecule has 1 heterocycles. The van der Waals surface area contributed by atoms with E-state index < -0.39 is 0 Å². The van der Waals surface area contributed by atoms with Crippen LogP contribution in [0.1, 0.15) is 31.9 Å². The quantitative estimate of drug-likeness (QED) is 0.696. The number of benzene rings is 2. The first kappa shape index (κ1) is 15.5. The molecular weight excluding hydrogens is 287 g/mol. The zero-order valence-electron chi connectivity index (χ0n) is 14.0. The third-order valence-corrected chi connectivity index (χ3v) is 4.44. The van der Waals surface area contributed by atoms with Crippen molar-refractivity contribution >= 4 is 23.2 Å². The van der Waals surface area contributed by atoms with Crippen LogP contribution in [-0.2, 0) is 0 Å². The molecule has 0 fully saturated rings. The lowest BCUT2D eigenvalue weighted by atomic mass is 9.88. The minimum absolute atomic E-state index is 0.122. The van der Waals surface area contributed by atoms with Gasteiger partial charge < -0.3 is 4.90 Å². The van der Waals surface area contributed by atoms with Crippen LogP contribution in [0.5, 0.6) is 0 Å². The predicted molar refractivity (Wildman–Crippen MR) is 96.2 cm³/mol. The van der Waals surface area contributed by atoms with Gasteiger partial charge in [0.15, 0.2) is 0 Å². The van der Waals surface area contributed by atoms with Crippen molar-refractivity contribution in [1.82, 2.24) is 0 Å². The first-order chi connectivity index (χ1) is 10.9. The molecule has 3 heteroatoms. The molecule has 0 saturated heterocycles. The maximum absolute atomic E-state index is 14.5. The van der Waals surface area contributed by atoms with Crippen molar-refractivity contribution in [2.75, 3.05) is 11.9 Å². The Morgan fingerprint density at radius 1 is 1.13 bits per heavy atom. The SMILES string of the molecule is CC1=CC(C)(C)N(C)c2cc(F)c(C=Nc3ccccc3)cc21. The Kier molecular flexibility index (Phi) is 3.80. The number of para-hydroxylation sites is 1. The first-order valence-corrected chi connectivity index (χ1v) is 7.75. The van der Waals surface area contributed by atoms with Gasteiger partial charge in [-0.25, -0.2) is 4.39 Å². The van der Waals surface area contributed by atoms with Crippen molar-refractivity contribution in [3.63, 3.8) is 0 Å². The highest BCUT2D eigenvalue weighted by atomic mass is 19.1. The second-order valence-electron chi connectivity index (χ2n) is 6.52. The van der Waals surface area contributed by atoms with E-state index in [1.54, 1.807) is 12.3 Å². The summed E-state index contributed by atoms with van der Waals surface area (Å²) in [6.07, 6.45) is 3.81. The molecule has 0 unspecified atom stereocenters. The second-order valence-corrected chi connectivity index (χ2v) is 6.52. The number of nitrogens with zero attached hydrogens (tertiary/aromatic N) is 2. The average molecular weight is 308 g/mol. The largest absolute Gasteiger partial charge is 0.365 e. The molecule has 0 aliphatic carbocycles. The van der Waals surface area contributed by atoms with Gasteiger partial charge in [-0.05, 0) is 50.6 Å². The lowest BCUT2D eigenvalue weighted by Gasteiger charge is -2.40. The maximum atomic E-state index is 14.5. The Morgan fingerprint density at radius 3 is 2.52 bits per heavy atom. The number of hydrogen-bond acceptors (Lipinski definition) is 2. The molecule has 2 aromatic rings. The van der Waals surface area contributed by atoms with E-state index in [-0.39, 0.29) is 11.4 Å². The highest BCUT2D eigenvalue weighted by Gasteiger charge is 2.29. The summed E-state index contributed by atoms with van der Waals surface area (Å²) in [5.74, 6) is -0.249. The van der Waals surface area contributed by atoms with E-state index in [0.29, 0.717) is 5.56 Å². The number of allylic oxidation sites excluding steroid dienone is 1. The molecule has 0 bridgehead atoms. The molecular formula is C20H21FN2. The van der Waals surface area contributed by atoms with E-state index in [0.717, 1.165) is 22.5 Å².